The van der Waals surface area contributed by atoms with Gasteiger partial charge in [0.25, 0.3) is 0 Å². The van der Waals surface area contributed by atoms with E-state index in [1.165, 1.54) is 31.2 Å². The van der Waals surface area contributed by atoms with Crippen LogP contribution in [0.15, 0.2) is 24.3 Å². The zero-order valence-electron chi connectivity index (χ0n) is 13.9. The standard InChI is InChI=1S/C18H31ClN2/c1-16(2)14-20-11-6-4-5-7-12-21(3)15-17-9-8-10-18(19)13-17/h8-10,13,16,20H,4-7,11-12,14-15H2,1-3H3. The van der Waals surface area contributed by atoms with E-state index in [0.29, 0.717) is 0 Å². The summed E-state index contributed by atoms with van der Waals surface area (Å²) in [6, 6.07) is 8.15. The first-order valence-electron chi connectivity index (χ1n) is 8.21. The molecule has 3 heteroatoms. The Balaban J connectivity index is 2.00. The summed E-state index contributed by atoms with van der Waals surface area (Å²) in [6.07, 6.45) is 5.23. The number of halogens is 1. The minimum Gasteiger partial charge on any atom is -0.316 e. The molecule has 0 aliphatic rings. The molecule has 0 amide bonds. The third kappa shape index (κ3) is 9.89. The van der Waals surface area contributed by atoms with Crippen molar-refractivity contribution in [3.63, 3.8) is 0 Å². The van der Waals surface area contributed by atoms with Crippen molar-refractivity contribution in [3.05, 3.63) is 34.9 Å². The van der Waals surface area contributed by atoms with E-state index in [0.717, 1.165) is 37.1 Å². The Morgan fingerprint density at radius 2 is 1.90 bits per heavy atom. The van der Waals surface area contributed by atoms with Crippen LogP contribution >= 0.6 is 11.6 Å². The van der Waals surface area contributed by atoms with Crippen LogP contribution in [-0.2, 0) is 6.54 Å². The lowest BCUT2D eigenvalue weighted by atomic mass is 10.1. The highest BCUT2D eigenvalue weighted by Gasteiger charge is 2.01. The van der Waals surface area contributed by atoms with E-state index in [1.807, 2.05) is 12.1 Å². The lowest BCUT2D eigenvalue weighted by Gasteiger charge is -2.16. The molecule has 1 rings (SSSR count). The summed E-state index contributed by atoms with van der Waals surface area (Å²) >= 11 is 6.01. The highest BCUT2D eigenvalue weighted by atomic mass is 35.5. The average molecular weight is 311 g/mol. The van der Waals surface area contributed by atoms with Crippen molar-refractivity contribution < 1.29 is 0 Å². The Kier molecular flexibility index (Phi) is 9.73. The van der Waals surface area contributed by atoms with Crippen molar-refractivity contribution in [1.82, 2.24) is 10.2 Å². The second kappa shape index (κ2) is 11.1. The van der Waals surface area contributed by atoms with Crippen LogP contribution in [0.4, 0.5) is 0 Å². The van der Waals surface area contributed by atoms with Gasteiger partial charge in [-0.3, -0.25) is 0 Å². The number of rotatable bonds is 11. The molecular formula is C18H31ClN2. The molecule has 0 aromatic heterocycles. The van der Waals surface area contributed by atoms with Gasteiger partial charge in [-0.05, 0) is 63.1 Å². The Bertz CT molecular complexity index is 379. The largest absolute Gasteiger partial charge is 0.316 e. The number of nitrogens with one attached hydrogen (secondary N) is 1. The van der Waals surface area contributed by atoms with Crippen LogP contribution in [0.25, 0.3) is 0 Å². The van der Waals surface area contributed by atoms with Gasteiger partial charge >= 0.3 is 0 Å². The molecule has 0 heterocycles. The molecule has 0 aliphatic carbocycles. The number of nitrogens with zero attached hydrogens (tertiary/aromatic N) is 1. The molecule has 0 bridgehead atoms. The van der Waals surface area contributed by atoms with Crippen LogP contribution in [0.2, 0.25) is 5.02 Å². The van der Waals surface area contributed by atoms with Crippen LogP contribution in [0.5, 0.6) is 0 Å². The predicted molar refractivity (Wildman–Crippen MR) is 94.0 cm³/mol. The Morgan fingerprint density at radius 3 is 2.62 bits per heavy atom. The summed E-state index contributed by atoms with van der Waals surface area (Å²) in [6.45, 7) is 8.95. The monoisotopic (exact) mass is 310 g/mol. The van der Waals surface area contributed by atoms with E-state index in [4.69, 9.17) is 11.6 Å². The summed E-state index contributed by atoms with van der Waals surface area (Å²) in [5.41, 5.74) is 1.29. The molecule has 1 aromatic rings. The van der Waals surface area contributed by atoms with Crippen molar-refractivity contribution in [2.24, 2.45) is 5.92 Å². The van der Waals surface area contributed by atoms with Gasteiger partial charge in [0.1, 0.15) is 0 Å². The summed E-state index contributed by atoms with van der Waals surface area (Å²) < 4.78 is 0. The smallest absolute Gasteiger partial charge is 0.0409 e. The number of benzene rings is 1. The van der Waals surface area contributed by atoms with Crippen molar-refractivity contribution in [3.8, 4) is 0 Å². The SMILES string of the molecule is CC(C)CNCCCCCCN(C)Cc1cccc(Cl)c1. The van der Waals surface area contributed by atoms with E-state index in [-0.39, 0.29) is 0 Å². The third-order valence-corrected chi connectivity index (χ3v) is 3.77. The molecule has 21 heavy (non-hydrogen) atoms. The first-order valence-corrected chi connectivity index (χ1v) is 8.59. The maximum absolute atomic E-state index is 6.01. The lowest BCUT2D eigenvalue weighted by Crippen LogP contribution is -2.21. The van der Waals surface area contributed by atoms with Crippen LogP contribution in [-0.4, -0.2) is 31.6 Å². The minimum atomic E-state index is 0.755. The predicted octanol–water partition coefficient (Wildman–Crippen LogP) is 4.58. The first kappa shape index (κ1) is 18.5. The van der Waals surface area contributed by atoms with Gasteiger partial charge in [0, 0.05) is 11.6 Å². The molecular weight excluding hydrogens is 280 g/mol. The molecule has 0 saturated carbocycles. The van der Waals surface area contributed by atoms with Gasteiger partial charge < -0.3 is 10.2 Å². The molecule has 0 aliphatic heterocycles. The third-order valence-electron chi connectivity index (χ3n) is 3.54. The molecule has 120 valence electrons. The summed E-state index contributed by atoms with van der Waals surface area (Å²) in [5.74, 6) is 0.755. The molecule has 0 fully saturated rings. The Labute approximate surface area is 135 Å². The molecule has 2 nitrogen and oxygen atoms in total. The number of hydrogen-bond donors (Lipinski definition) is 1. The van der Waals surface area contributed by atoms with E-state index in [9.17, 15) is 0 Å². The molecule has 0 atom stereocenters. The van der Waals surface area contributed by atoms with Crippen LogP contribution in [0.3, 0.4) is 0 Å². The quantitative estimate of drug-likeness (QED) is 0.602. The zero-order valence-corrected chi connectivity index (χ0v) is 14.6. The van der Waals surface area contributed by atoms with Crippen LogP contribution in [0, 0.1) is 5.92 Å². The summed E-state index contributed by atoms with van der Waals surface area (Å²) in [7, 11) is 2.19. The van der Waals surface area contributed by atoms with E-state index in [2.05, 4.69) is 43.2 Å². The van der Waals surface area contributed by atoms with Crippen molar-refractivity contribution in [2.45, 2.75) is 46.1 Å². The fourth-order valence-corrected chi connectivity index (χ4v) is 2.61. The molecule has 0 unspecified atom stereocenters. The second-order valence-electron chi connectivity index (χ2n) is 6.38. The van der Waals surface area contributed by atoms with Gasteiger partial charge in [0.05, 0.1) is 0 Å². The number of unbranched alkanes of at least 4 members (excludes halogenated alkanes) is 3. The lowest BCUT2D eigenvalue weighted by molar-refractivity contribution is 0.316. The topological polar surface area (TPSA) is 15.3 Å². The van der Waals surface area contributed by atoms with Crippen LogP contribution < -0.4 is 5.32 Å². The molecule has 0 saturated heterocycles. The van der Waals surface area contributed by atoms with Gasteiger partial charge in [-0.25, -0.2) is 0 Å². The zero-order chi connectivity index (χ0) is 15.5. The maximum Gasteiger partial charge on any atom is 0.0409 e. The van der Waals surface area contributed by atoms with Crippen molar-refractivity contribution in [2.75, 3.05) is 26.7 Å². The van der Waals surface area contributed by atoms with Gasteiger partial charge in [-0.15, -0.1) is 0 Å². The summed E-state index contributed by atoms with van der Waals surface area (Å²) in [4.78, 5) is 2.38. The fourth-order valence-electron chi connectivity index (χ4n) is 2.40. The maximum atomic E-state index is 6.01. The minimum absolute atomic E-state index is 0.755. The molecule has 1 aromatic carbocycles. The van der Waals surface area contributed by atoms with E-state index in [1.54, 1.807) is 0 Å². The fraction of sp³-hybridized carbons (Fsp3) is 0.667. The normalized spacial score (nSPS) is 11.5. The van der Waals surface area contributed by atoms with Crippen molar-refractivity contribution in [1.29, 1.82) is 0 Å². The Hall–Kier alpha value is -0.570. The highest BCUT2D eigenvalue weighted by Crippen LogP contribution is 2.12. The van der Waals surface area contributed by atoms with Gasteiger partial charge in [-0.2, -0.15) is 0 Å². The first-order chi connectivity index (χ1) is 10.1. The van der Waals surface area contributed by atoms with Gasteiger partial charge in [0.15, 0.2) is 0 Å². The molecule has 0 spiro atoms. The summed E-state index contributed by atoms with van der Waals surface area (Å²) in [5, 5.41) is 4.33. The molecule has 0 radical (unpaired) electrons. The van der Waals surface area contributed by atoms with Gasteiger partial charge in [-0.1, -0.05) is 50.4 Å². The van der Waals surface area contributed by atoms with Crippen molar-refractivity contribution >= 4 is 11.6 Å². The Morgan fingerprint density at radius 1 is 1.14 bits per heavy atom. The van der Waals surface area contributed by atoms with E-state index < -0.39 is 0 Å². The average Bonchev–Trinajstić information content (AvgIpc) is 2.41. The molecule has 1 N–H and O–H groups in total. The highest BCUT2D eigenvalue weighted by molar-refractivity contribution is 6.30. The van der Waals surface area contributed by atoms with E-state index >= 15 is 0 Å². The van der Waals surface area contributed by atoms with Crippen LogP contribution in [0.1, 0.15) is 45.1 Å². The second-order valence-corrected chi connectivity index (χ2v) is 6.82. The number of hydrogen-bond acceptors (Lipinski definition) is 2. The van der Waals surface area contributed by atoms with Gasteiger partial charge in [0.2, 0.25) is 0 Å².